The molecule has 4 nitrogen and oxygen atoms in total. The fourth-order valence-electron chi connectivity index (χ4n) is 2.21. The van der Waals surface area contributed by atoms with Gasteiger partial charge in [0.25, 0.3) is 5.91 Å². The first-order chi connectivity index (χ1) is 9.40. The van der Waals surface area contributed by atoms with Crippen LogP contribution in [0, 0.1) is 6.92 Å². The average molecular weight is 271 g/mol. The summed E-state index contributed by atoms with van der Waals surface area (Å²) in [6.45, 7) is 6.71. The summed E-state index contributed by atoms with van der Waals surface area (Å²) >= 11 is 0. The number of nitrogens with zero attached hydrogens (tertiary/aromatic N) is 2. The van der Waals surface area contributed by atoms with E-state index in [1.807, 2.05) is 25.1 Å². The average Bonchev–Trinajstić information content (AvgIpc) is 2.76. The van der Waals surface area contributed by atoms with Crippen molar-refractivity contribution in [2.75, 3.05) is 6.54 Å². The maximum Gasteiger partial charge on any atom is 0.269 e. The molecule has 1 aromatic heterocycles. The van der Waals surface area contributed by atoms with Crippen LogP contribution in [0.15, 0.2) is 36.4 Å². The molecule has 2 aromatic rings. The number of hydrogen-bond donors (Lipinski definition) is 1. The summed E-state index contributed by atoms with van der Waals surface area (Å²) in [5.74, 6) is -0.0860. The van der Waals surface area contributed by atoms with Crippen LogP contribution in [0.2, 0.25) is 0 Å². The van der Waals surface area contributed by atoms with E-state index in [4.69, 9.17) is 0 Å². The van der Waals surface area contributed by atoms with Gasteiger partial charge in [0.2, 0.25) is 0 Å². The summed E-state index contributed by atoms with van der Waals surface area (Å²) in [5.41, 5.74) is 2.54. The number of carbonyl (C=O) groups excluding carboxylic acids is 1. The molecule has 0 bridgehead atoms. The van der Waals surface area contributed by atoms with Crippen molar-refractivity contribution in [2.24, 2.45) is 7.05 Å². The van der Waals surface area contributed by atoms with Crippen LogP contribution in [-0.4, -0.2) is 22.2 Å². The SMILES string of the molecule is Cc1cc(C(=O)NCC(C)(C)c2ccccc2)n(C)n1. The first kappa shape index (κ1) is 14.3. The van der Waals surface area contributed by atoms with Crippen LogP contribution in [0.4, 0.5) is 0 Å². The predicted octanol–water partition coefficient (Wildman–Crippen LogP) is 2.44. The quantitative estimate of drug-likeness (QED) is 0.928. The number of carbonyl (C=O) groups is 1. The molecule has 106 valence electrons. The van der Waals surface area contributed by atoms with Crippen molar-refractivity contribution >= 4 is 5.91 Å². The molecule has 0 unspecified atom stereocenters. The van der Waals surface area contributed by atoms with E-state index in [-0.39, 0.29) is 11.3 Å². The number of aryl methyl sites for hydroxylation is 2. The van der Waals surface area contributed by atoms with E-state index in [2.05, 4.69) is 36.4 Å². The van der Waals surface area contributed by atoms with Gasteiger partial charge in [-0.25, -0.2) is 0 Å². The highest BCUT2D eigenvalue weighted by molar-refractivity contribution is 5.92. The molecular weight excluding hydrogens is 250 g/mol. The van der Waals surface area contributed by atoms with Crippen molar-refractivity contribution in [1.29, 1.82) is 0 Å². The molecule has 1 aromatic carbocycles. The van der Waals surface area contributed by atoms with Gasteiger partial charge >= 0.3 is 0 Å². The molecule has 0 fully saturated rings. The minimum atomic E-state index is -0.107. The summed E-state index contributed by atoms with van der Waals surface area (Å²) in [5, 5.41) is 7.18. The normalized spacial score (nSPS) is 11.4. The Morgan fingerprint density at radius 2 is 1.95 bits per heavy atom. The van der Waals surface area contributed by atoms with Gasteiger partial charge in [-0.1, -0.05) is 44.2 Å². The lowest BCUT2D eigenvalue weighted by molar-refractivity contribution is 0.0936. The molecule has 0 saturated heterocycles. The van der Waals surface area contributed by atoms with E-state index in [1.54, 1.807) is 17.8 Å². The number of aromatic nitrogens is 2. The molecule has 0 saturated carbocycles. The van der Waals surface area contributed by atoms with E-state index < -0.39 is 0 Å². The Hall–Kier alpha value is -2.10. The van der Waals surface area contributed by atoms with Crippen LogP contribution >= 0.6 is 0 Å². The van der Waals surface area contributed by atoms with Gasteiger partial charge in [0, 0.05) is 19.0 Å². The Balaban J connectivity index is 2.05. The zero-order valence-corrected chi connectivity index (χ0v) is 12.5. The van der Waals surface area contributed by atoms with Crippen LogP contribution in [-0.2, 0) is 12.5 Å². The highest BCUT2D eigenvalue weighted by Crippen LogP contribution is 2.21. The number of rotatable bonds is 4. The summed E-state index contributed by atoms with van der Waals surface area (Å²) in [7, 11) is 1.78. The van der Waals surface area contributed by atoms with Crippen LogP contribution < -0.4 is 5.32 Å². The van der Waals surface area contributed by atoms with Crippen molar-refractivity contribution in [3.8, 4) is 0 Å². The van der Waals surface area contributed by atoms with Crippen molar-refractivity contribution in [1.82, 2.24) is 15.1 Å². The second kappa shape index (κ2) is 5.49. The maximum absolute atomic E-state index is 12.2. The van der Waals surface area contributed by atoms with Gasteiger partial charge in [0.1, 0.15) is 5.69 Å². The van der Waals surface area contributed by atoms with Crippen molar-refractivity contribution < 1.29 is 4.79 Å². The summed E-state index contributed by atoms with van der Waals surface area (Å²) < 4.78 is 1.61. The second-order valence-corrected chi connectivity index (χ2v) is 5.73. The van der Waals surface area contributed by atoms with Crippen LogP contribution in [0.1, 0.15) is 35.6 Å². The van der Waals surface area contributed by atoms with Gasteiger partial charge in [-0.2, -0.15) is 5.10 Å². The predicted molar refractivity (Wildman–Crippen MR) is 79.7 cm³/mol. The van der Waals surface area contributed by atoms with E-state index in [1.165, 1.54) is 5.56 Å². The van der Waals surface area contributed by atoms with E-state index in [0.29, 0.717) is 12.2 Å². The third-order valence-corrected chi connectivity index (χ3v) is 3.48. The van der Waals surface area contributed by atoms with E-state index in [9.17, 15) is 4.79 Å². The molecule has 1 heterocycles. The first-order valence-electron chi connectivity index (χ1n) is 6.74. The van der Waals surface area contributed by atoms with Crippen molar-refractivity contribution in [3.05, 3.63) is 53.3 Å². The topological polar surface area (TPSA) is 46.9 Å². The lowest BCUT2D eigenvalue weighted by atomic mass is 9.84. The van der Waals surface area contributed by atoms with Crippen molar-refractivity contribution in [3.63, 3.8) is 0 Å². The third-order valence-electron chi connectivity index (χ3n) is 3.48. The maximum atomic E-state index is 12.2. The molecule has 4 heteroatoms. The molecule has 0 spiro atoms. The summed E-state index contributed by atoms with van der Waals surface area (Å²) in [6, 6.07) is 12.0. The zero-order chi connectivity index (χ0) is 14.8. The van der Waals surface area contributed by atoms with Gasteiger partial charge in [0.05, 0.1) is 5.69 Å². The Kier molecular flexibility index (Phi) is 3.93. The minimum Gasteiger partial charge on any atom is -0.350 e. The molecule has 0 radical (unpaired) electrons. The molecule has 2 rings (SSSR count). The molecule has 0 aliphatic carbocycles. The van der Waals surface area contributed by atoms with Gasteiger partial charge in [-0.05, 0) is 18.6 Å². The fraction of sp³-hybridized carbons (Fsp3) is 0.375. The smallest absolute Gasteiger partial charge is 0.269 e. The van der Waals surface area contributed by atoms with E-state index in [0.717, 1.165) is 5.69 Å². The Labute approximate surface area is 119 Å². The van der Waals surface area contributed by atoms with Gasteiger partial charge in [-0.3, -0.25) is 9.48 Å². The third kappa shape index (κ3) is 3.07. The summed E-state index contributed by atoms with van der Waals surface area (Å²) in [6.07, 6.45) is 0. The van der Waals surface area contributed by atoms with Gasteiger partial charge < -0.3 is 5.32 Å². The van der Waals surface area contributed by atoms with Gasteiger partial charge in [-0.15, -0.1) is 0 Å². The standard InChI is InChI=1S/C16H21N3O/c1-12-10-14(19(4)18-12)15(20)17-11-16(2,3)13-8-6-5-7-9-13/h5-10H,11H2,1-4H3,(H,17,20). The number of nitrogens with one attached hydrogen (secondary N) is 1. The lowest BCUT2D eigenvalue weighted by Gasteiger charge is -2.25. The number of benzene rings is 1. The molecule has 1 N–H and O–H groups in total. The van der Waals surface area contributed by atoms with Crippen LogP contribution in [0.3, 0.4) is 0 Å². The number of amides is 1. The highest BCUT2D eigenvalue weighted by atomic mass is 16.2. The molecule has 20 heavy (non-hydrogen) atoms. The van der Waals surface area contributed by atoms with Crippen LogP contribution in [0.5, 0.6) is 0 Å². The zero-order valence-electron chi connectivity index (χ0n) is 12.5. The first-order valence-corrected chi connectivity index (χ1v) is 6.74. The largest absolute Gasteiger partial charge is 0.350 e. The molecule has 0 atom stereocenters. The molecule has 0 aliphatic heterocycles. The monoisotopic (exact) mass is 271 g/mol. The fourth-order valence-corrected chi connectivity index (χ4v) is 2.21. The van der Waals surface area contributed by atoms with E-state index >= 15 is 0 Å². The summed E-state index contributed by atoms with van der Waals surface area (Å²) in [4.78, 5) is 12.2. The number of hydrogen-bond acceptors (Lipinski definition) is 2. The Bertz CT molecular complexity index is 599. The van der Waals surface area contributed by atoms with Gasteiger partial charge in [0.15, 0.2) is 0 Å². The highest BCUT2D eigenvalue weighted by Gasteiger charge is 2.22. The minimum absolute atomic E-state index is 0.0860. The van der Waals surface area contributed by atoms with Crippen LogP contribution in [0.25, 0.3) is 0 Å². The molecule has 1 amide bonds. The lowest BCUT2D eigenvalue weighted by Crippen LogP contribution is -2.37. The Morgan fingerprint density at radius 3 is 2.50 bits per heavy atom. The molecule has 0 aliphatic rings. The van der Waals surface area contributed by atoms with Crippen molar-refractivity contribution in [2.45, 2.75) is 26.2 Å². The Morgan fingerprint density at radius 1 is 1.30 bits per heavy atom. The second-order valence-electron chi connectivity index (χ2n) is 5.73. The molecular formula is C16H21N3O.